The molecular weight excluding hydrogens is 282 g/mol. The third kappa shape index (κ3) is 3.01. The minimum Gasteiger partial charge on any atom is -0.327 e. The Morgan fingerprint density at radius 3 is 2.53 bits per heavy atom. The summed E-state index contributed by atoms with van der Waals surface area (Å²) in [6, 6.07) is 5.24. The van der Waals surface area contributed by atoms with Gasteiger partial charge in [0.05, 0.1) is 15.7 Å². The molecule has 6 heteroatoms. The predicted molar refractivity (Wildman–Crippen MR) is 81.7 cm³/mol. The highest BCUT2D eigenvalue weighted by atomic mass is 35.5. The number of para-hydroxylation sites is 1. The number of benzene rings is 1. The Morgan fingerprint density at radius 2 is 1.95 bits per heavy atom. The standard InChI is InChI=1S/C13H16BCl2N2O/c1-14-6-9-7-17(2)13(19)18(8-9)12-10(15)4-3-5-11(12)16/h3-5,9H,6-8H2,1-2H3. The molecule has 1 aromatic rings. The van der Waals surface area contributed by atoms with Crippen molar-refractivity contribution in [2.24, 2.45) is 5.92 Å². The maximum absolute atomic E-state index is 12.3. The van der Waals surface area contributed by atoms with Crippen LogP contribution in [0.15, 0.2) is 18.2 Å². The van der Waals surface area contributed by atoms with Crippen LogP contribution >= 0.6 is 23.2 Å². The Labute approximate surface area is 124 Å². The minimum atomic E-state index is -0.0534. The summed E-state index contributed by atoms with van der Waals surface area (Å²) in [7, 11) is 3.93. The van der Waals surface area contributed by atoms with E-state index in [1.165, 1.54) is 0 Å². The van der Waals surface area contributed by atoms with E-state index < -0.39 is 0 Å². The Bertz CT molecular complexity index is 463. The largest absolute Gasteiger partial charge is 0.327 e. The number of rotatable bonds is 3. The molecule has 1 unspecified atom stereocenters. The number of hydrogen-bond acceptors (Lipinski definition) is 1. The SMILES string of the molecule is C[B]CC1CN(C)C(=O)N(c2c(Cl)cccc2Cl)C1. The molecule has 0 bridgehead atoms. The number of carbonyl (C=O) groups excluding carboxylic acids is 1. The average molecular weight is 298 g/mol. The molecule has 101 valence electrons. The summed E-state index contributed by atoms with van der Waals surface area (Å²) < 4.78 is 0. The van der Waals surface area contributed by atoms with Gasteiger partial charge in [-0.3, -0.25) is 4.90 Å². The molecule has 1 aromatic carbocycles. The zero-order chi connectivity index (χ0) is 14.0. The second kappa shape index (κ2) is 6.06. The third-order valence-corrected chi connectivity index (χ3v) is 3.92. The molecule has 1 aliphatic heterocycles. The van der Waals surface area contributed by atoms with Gasteiger partial charge in [0.2, 0.25) is 0 Å². The number of anilines is 1. The van der Waals surface area contributed by atoms with Crippen molar-refractivity contribution in [1.29, 1.82) is 0 Å². The smallest absolute Gasteiger partial charge is 0.324 e. The van der Waals surface area contributed by atoms with Gasteiger partial charge >= 0.3 is 6.03 Å². The molecule has 0 saturated carbocycles. The maximum Gasteiger partial charge on any atom is 0.324 e. The maximum atomic E-state index is 12.3. The first-order valence-electron chi connectivity index (χ1n) is 6.29. The zero-order valence-corrected chi connectivity index (χ0v) is 12.6. The Balaban J connectivity index is 2.33. The normalized spacial score (nSPS) is 19.8. The van der Waals surface area contributed by atoms with Gasteiger partial charge in [-0.25, -0.2) is 4.79 Å². The van der Waals surface area contributed by atoms with E-state index in [9.17, 15) is 4.79 Å². The second-order valence-electron chi connectivity index (χ2n) is 4.85. The van der Waals surface area contributed by atoms with Crippen LogP contribution in [0.4, 0.5) is 10.5 Å². The van der Waals surface area contributed by atoms with Gasteiger partial charge in [0.1, 0.15) is 7.28 Å². The Morgan fingerprint density at radius 1 is 1.32 bits per heavy atom. The summed E-state index contributed by atoms with van der Waals surface area (Å²) in [5, 5.41) is 1.02. The van der Waals surface area contributed by atoms with E-state index in [2.05, 4.69) is 7.28 Å². The number of carbonyl (C=O) groups is 1. The monoisotopic (exact) mass is 297 g/mol. The summed E-state index contributed by atoms with van der Waals surface area (Å²) in [5.41, 5.74) is 0.614. The molecule has 0 aromatic heterocycles. The van der Waals surface area contributed by atoms with Crippen LogP contribution in [0.1, 0.15) is 0 Å². The lowest BCUT2D eigenvalue weighted by Gasteiger charge is -2.39. The highest BCUT2D eigenvalue weighted by Gasteiger charge is 2.32. The molecule has 2 amide bonds. The van der Waals surface area contributed by atoms with E-state index in [-0.39, 0.29) is 6.03 Å². The van der Waals surface area contributed by atoms with Crippen molar-refractivity contribution < 1.29 is 4.79 Å². The van der Waals surface area contributed by atoms with Crippen molar-refractivity contribution in [1.82, 2.24) is 4.90 Å². The van der Waals surface area contributed by atoms with Crippen molar-refractivity contribution in [3.8, 4) is 0 Å². The van der Waals surface area contributed by atoms with E-state index in [4.69, 9.17) is 23.2 Å². The molecule has 1 aliphatic rings. The van der Waals surface area contributed by atoms with Crippen LogP contribution in [0.2, 0.25) is 23.2 Å². The lowest BCUT2D eigenvalue weighted by Crippen LogP contribution is -2.52. The topological polar surface area (TPSA) is 23.6 Å². The average Bonchev–Trinajstić information content (AvgIpc) is 2.35. The lowest BCUT2D eigenvalue weighted by atomic mass is 9.71. The molecule has 19 heavy (non-hydrogen) atoms. The minimum absolute atomic E-state index is 0.0534. The van der Waals surface area contributed by atoms with Crippen LogP contribution in [0, 0.1) is 5.92 Å². The second-order valence-corrected chi connectivity index (χ2v) is 5.67. The molecule has 1 atom stereocenters. The zero-order valence-electron chi connectivity index (χ0n) is 11.1. The molecule has 0 spiro atoms. The van der Waals surface area contributed by atoms with Crippen LogP contribution in [0.25, 0.3) is 0 Å². The number of amides is 2. The van der Waals surface area contributed by atoms with Gasteiger partial charge in [-0.1, -0.05) is 42.4 Å². The third-order valence-electron chi connectivity index (χ3n) is 3.31. The molecule has 1 saturated heterocycles. The quantitative estimate of drug-likeness (QED) is 0.781. The van der Waals surface area contributed by atoms with E-state index in [0.717, 1.165) is 12.9 Å². The fourth-order valence-corrected chi connectivity index (χ4v) is 3.08. The molecule has 1 fully saturated rings. The summed E-state index contributed by atoms with van der Waals surface area (Å²) in [4.78, 5) is 15.7. The van der Waals surface area contributed by atoms with E-state index in [1.807, 2.05) is 13.9 Å². The first kappa shape index (κ1) is 14.5. The van der Waals surface area contributed by atoms with Crippen molar-refractivity contribution in [2.45, 2.75) is 13.1 Å². The molecule has 3 nitrogen and oxygen atoms in total. The van der Waals surface area contributed by atoms with Gasteiger partial charge in [0.25, 0.3) is 0 Å². The Hall–Kier alpha value is -0.865. The Kier molecular flexibility index (Phi) is 4.64. The fourth-order valence-electron chi connectivity index (χ4n) is 2.48. The fraction of sp³-hybridized carbons (Fsp3) is 0.462. The summed E-state index contributed by atoms with van der Waals surface area (Å²) in [6.45, 7) is 3.45. The van der Waals surface area contributed by atoms with Gasteiger partial charge < -0.3 is 4.90 Å². The van der Waals surface area contributed by atoms with Crippen LogP contribution < -0.4 is 4.90 Å². The van der Waals surface area contributed by atoms with E-state index >= 15 is 0 Å². The number of halogens is 2. The summed E-state index contributed by atoms with van der Waals surface area (Å²) in [5.74, 6) is 0.403. The van der Waals surface area contributed by atoms with Crippen LogP contribution in [-0.2, 0) is 0 Å². The molecular formula is C13H16BCl2N2O. The van der Waals surface area contributed by atoms with Gasteiger partial charge in [-0.05, 0) is 18.1 Å². The summed E-state index contributed by atoms with van der Waals surface area (Å²) in [6.07, 6.45) is 0.968. The van der Waals surface area contributed by atoms with Gasteiger partial charge in [0, 0.05) is 20.1 Å². The van der Waals surface area contributed by atoms with Crippen molar-refractivity contribution in [3.63, 3.8) is 0 Å². The predicted octanol–water partition coefficient (Wildman–Crippen LogP) is 3.65. The van der Waals surface area contributed by atoms with E-state index in [1.54, 1.807) is 28.0 Å². The molecule has 1 heterocycles. The van der Waals surface area contributed by atoms with Crippen molar-refractivity contribution in [2.75, 3.05) is 25.0 Å². The van der Waals surface area contributed by atoms with Crippen molar-refractivity contribution >= 4 is 42.2 Å². The first-order chi connectivity index (χ1) is 9.04. The molecule has 1 radical (unpaired) electrons. The molecule has 2 rings (SSSR count). The molecule has 0 aliphatic carbocycles. The highest BCUT2D eigenvalue weighted by Crippen LogP contribution is 2.36. The van der Waals surface area contributed by atoms with Crippen LogP contribution in [-0.4, -0.2) is 38.3 Å². The van der Waals surface area contributed by atoms with Gasteiger partial charge in [0.15, 0.2) is 0 Å². The van der Waals surface area contributed by atoms with Crippen LogP contribution in [0.3, 0.4) is 0 Å². The highest BCUT2D eigenvalue weighted by molar-refractivity contribution is 6.40. The summed E-state index contributed by atoms with van der Waals surface area (Å²) >= 11 is 12.4. The first-order valence-corrected chi connectivity index (χ1v) is 7.04. The lowest BCUT2D eigenvalue weighted by molar-refractivity contribution is 0.196. The van der Waals surface area contributed by atoms with Crippen LogP contribution in [0.5, 0.6) is 0 Å². The van der Waals surface area contributed by atoms with Crippen molar-refractivity contribution in [3.05, 3.63) is 28.2 Å². The van der Waals surface area contributed by atoms with Gasteiger partial charge in [-0.2, -0.15) is 0 Å². The number of urea groups is 1. The number of hydrogen-bond donors (Lipinski definition) is 0. The van der Waals surface area contributed by atoms with Gasteiger partial charge in [-0.15, -0.1) is 0 Å². The number of nitrogens with zero attached hydrogens (tertiary/aromatic N) is 2. The molecule has 0 N–H and O–H groups in total. The van der Waals surface area contributed by atoms with E-state index in [0.29, 0.717) is 28.2 Å².